The van der Waals surface area contributed by atoms with Crippen molar-refractivity contribution in [1.82, 2.24) is 4.90 Å². The largest absolute Gasteiger partial charge is 0.312 e. The molecule has 0 aliphatic carbocycles. The van der Waals surface area contributed by atoms with E-state index in [1.807, 2.05) is 13.8 Å². The highest BCUT2D eigenvalue weighted by Gasteiger charge is 2.16. The quantitative estimate of drug-likeness (QED) is 0.522. The number of carbonyl (C=O) groups is 1. The van der Waals surface area contributed by atoms with Crippen LogP contribution in [0.4, 0.5) is 0 Å². The number of amides is 1. The molecule has 0 unspecified atom stereocenters. The van der Waals surface area contributed by atoms with E-state index in [9.17, 15) is 4.79 Å². The number of carbonyl (C=O) groups excluding carboxylic acids is 1. The second-order valence-corrected chi connectivity index (χ2v) is 2.96. The first-order valence-corrected chi connectivity index (χ1v) is 3.89. The van der Waals surface area contributed by atoms with Crippen LogP contribution in [-0.2, 0) is 4.79 Å². The van der Waals surface area contributed by atoms with Crippen molar-refractivity contribution in [3.8, 4) is 0 Å². The third-order valence-corrected chi connectivity index (χ3v) is 1.62. The molecule has 1 amide bonds. The molecule has 1 aliphatic rings. The van der Waals surface area contributed by atoms with Crippen molar-refractivity contribution in [3.63, 3.8) is 0 Å². The molecule has 2 nitrogen and oxygen atoms in total. The molecule has 1 heterocycles. The average molecular weight is 151 g/mol. The molecule has 1 rings (SSSR count). The lowest BCUT2D eigenvalue weighted by atomic mass is 10.4. The summed E-state index contributed by atoms with van der Waals surface area (Å²) in [7, 11) is 0. The van der Waals surface area contributed by atoms with E-state index in [0.717, 1.165) is 18.5 Å². The third kappa shape index (κ3) is 2.24. The van der Waals surface area contributed by atoms with Crippen molar-refractivity contribution in [3.05, 3.63) is 17.5 Å². The van der Waals surface area contributed by atoms with Crippen molar-refractivity contribution < 1.29 is 4.79 Å². The Balaban J connectivity index is 2.63. The molecule has 0 aromatic carbocycles. The van der Waals surface area contributed by atoms with E-state index in [2.05, 4.69) is 5.73 Å². The molecule has 11 heavy (non-hydrogen) atoms. The zero-order valence-corrected chi connectivity index (χ0v) is 7.05. The summed E-state index contributed by atoms with van der Waals surface area (Å²) in [6.45, 7) is 4.80. The molecule has 0 atom stereocenters. The van der Waals surface area contributed by atoms with Crippen molar-refractivity contribution in [2.24, 2.45) is 0 Å². The second kappa shape index (κ2) is 3.40. The van der Waals surface area contributed by atoms with Crippen LogP contribution in [0.3, 0.4) is 0 Å². The topological polar surface area (TPSA) is 20.3 Å². The summed E-state index contributed by atoms with van der Waals surface area (Å²) in [4.78, 5) is 12.8. The average Bonchev–Trinajstić information content (AvgIpc) is 2.31. The third-order valence-electron chi connectivity index (χ3n) is 1.62. The number of likely N-dealkylation sites (tertiary alicyclic amines) is 1. The normalized spacial score (nSPS) is 16.5. The fourth-order valence-electron chi connectivity index (χ4n) is 1.01. The summed E-state index contributed by atoms with van der Waals surface area (Å²) >= 11 is 0. The zero-order valence-electron chi connectivity index (χ0n) is 7.05. The Kier molecular flexibility index (Phi) is 2.50. The van der Waals surface area contributed by atoms with Gasteiger partial charge in [-0.25, -0.2) is 0 Å². The summed E-state index contributed by atoms with van der Waals surface area (Å²) in [5.74, 6) is 0.221. The number of hydrogen-bond acceptors (Lipinski definition) is 1. The molecule has 0 spiro atoms. The summed E-state index contributed by atoms with van der Waals surface area (Å²) < 4.78 is 0. The molecule has 0 bridgehead atoms. The number of rotatable bonds is 1. The number of hydrogen-bond donors (Lipinski definition) is 0. The van der Waals surface area contributed by atoms with Gasteiger partial charge in [0.15, 0.2) is 0 Å². The highest BCUT2D eigenvalue weighted by atomic mass is 16.2. The lowest BCUT2D eigenvalue weighted by Crippen LogP contribution is -2.16. The van der Waals surface area contributed by atoms with Gasteiger partial charge >= 0.3 is 0 Å². The van der Waals surface area contributed by atoms with E-state index < -0.39 is 0 Å². The van der Waals surface area contributed by atoms with Gasteiger partial charge in [-0.1, -0.05) is 0 Å². The highest BCUT2D eigenvalue weighted by molar-refractivity contribution is 5.79. The van der Waals surface area contributed by atoms with E-state index in [4.69, 9.17) is 0 Å². The Labute approximate surface area is 67.2 Å². The van der Waals surface area contributed by atoms with Crippen molar-refractivity contribution in [2.75, 3.05) is 6.54 Å². The maximum absolute atomic E-state index is 11.0. The molecule has 1 aliphatic heterocycles. The summed E-state index contributed by atoms with van der Waals surface area (Å²) in [6, 6.07) is 0. The summed E-state index contributed by atoms with van der Waals surface area (Å²) in [6.07, 6.45) is 3.44. The van der Waals surface area contributed by atoms with Crippen LogP contribution in [0, 0.1) is 0 Å². The Hall–Kier alpha value is -1.01. The van der Waals surface area contributed by atoms with Crippen LogP contribution in [0.5, 0.6) is 0 Å². The Morgan fingerprint density at radius 3 is 2.82 bits per heavy atom. The van der Waals surface area contributed by atoms with Crippen LogP contribution in [0.1, 0.15) is 26.7 Å². The van der Waals surface area contributed by atoms with Crippen LogP contribution in [0.25, 0.3) is 0 Å². The van der Waals surface area contributed by atoms with Gasteiger partial charge in [-0.15, -0.1) is 5.73 Å². The van der Waals surface area contributed by atoms with Crippen LogP contribution < -0.4 is 0 Å². The van der Waals surface area contributed by atoms with E-state index in [-0.39, 0.29) is 5.91 Å². The first kappa shape index (κ1) is 8.09. The van der Waals surface area contributed by atoms with Crippen LogP contribution in [-0.4, -0.2) is 17.4 Å². The fourth-order valence-corrected chi connectivity index (χ4v) is 1.01. The van der Waals surface area contributed by atoms with Crippen LogP contribution in [0.15, 0.2) is 17.5 Å². The minimum absolute atomic E-state index is 0.221. The van der Waals surface area contributed by atoms with Gasteiger partial charge in [-0.2, -0.15) is 0 Å². The molecule has 60 valence electrons. The van der Waals surface area contributed by atoms with Gasteiger partial charge in [0.1, 0.15) is 0 Å². The standard InChI is InChI=1S/C9H13NO/c1-8(2)5-7-10-6-3-4-9(10)11/h7H,3-4,6H2,1-2H3. The molecule has 0 aromatic rings. The second-order valence-electron chi connectivity index (χ2n) is 2.96. The smallest absolute Gasteiger partial charge is 0.227 e. The Bertz CT molecular complexity index is 220. The number of allylic oxidation sites excluding steroid dienone is 1. The molecular weight excluding hydrogens is 138 g/mol. The van der Waals surface area contributed by atoms with Gasteiger partial charge in [0.25, 0.3) is 0 Å². The first-order chi connectivity index (χ1) is 5.20. The molecule has 0 saturated carbocycles. The summed E-state index contributed by atoms with van der Waals surface area (Å²) in [5, 5.41) is 0. The molecule has 0 aromatic heterocycles. The molecule has 1 fully saturated rings. The maximum atomic E-state index is 11.0. The molecule has 0 radical (unpaired) electrons. The van der Waals surface area contributed by atoms with Gasteiger partial charge in [-0.05, 0) is 25.8 Å². The van der Waals surface area contributed by atoms with Crippen molar-refractivity contribution in [2.45, 2.75) is 26.7 Å². The summed E-state index contributed by atoms with van der Waals surface area (Å²) in [5.41, 5.74) is 4.12. The van der Waals surface area contributed by atoms with Gasteiger partial charge in [-0.3, -0.25) is 4.79 Å². The predicted octanol–water partition coefficient (Wildman–Crippen LogP) is 1.69. The van der Waals surface area contributed by atoms with Gasteiger partial charge in [0.05, 0.1) is 0 Å². The van der Waals surface area contributed by atoms with E-state index in [1.54, 1.807) is 11.1 Å². The molecule has 1 saturated heterocycles. The Morgan fingerprint density at radius 1 is 1.64 bits per heavy atom. The lowest BCUT2D eigenvalue weighted by molar-refractivity contribution is -0.125. The molecule has 2 heteroatoms. The van der Waals surface area contributed by atoms with E-state index >= 15 is 0 Å². The van der Waals surface area contributed by atoms with E-state index in [0.29, 0.717) is 6.42 Å². The minimum atomic E-state index is 0.221. The van der Waals surface area contributed by atoms with Crippen LogP contribution in [0.2, 0.25) is 0 Å². The van der Waals surface area contributed by atoms with Gasteiger partial charge < -0.3 is 4.90 Å². The maximum Gasteiger partial charge on any atom is 0.227 e. The van der Waals surface area contributed by atoms with Gasteiger partial charge in [0, 0.05) is 19.2 Å². The SMILES string of the molecule is CC(C)=C=CN1CCCC1=O. The predicted molar refractivity (Wildman–Crippen MR) is 43.9 cm³/mol. The van der Waals surface area contributed by atoms with Crippen molar-refractivity contribution >= 4 is 5.91 Å². The lowest BCUT2D eigenvalue weighted by Gasteiger charge is -2.05. The fraction of sp³-hybridized carbons (Fsp3) is 0.556. The molecular formula is C9H13NO. The minimum Gasteiger partial charge on any atom is -0.312 e. The van der Waals surface area contributed by atoms with Crippen molar-refractivity contribution in [1.29, 1.82) is 0 Å². The Morgan fingerprint density at radius 2 is 2.36 bits per heavy atom. The van der Waals surface area contributed by atoms with Crippen LogP contribution >= 0.6 is 0 Å². The van der Waals surface area contributed by atoms with E-state index in [1.165, 1.54) is 0 Å². The molecule has 0 N–H and O–H groups in total. The number of nitrogens with zero attached hydrogens (tertiary/aromatic N) is 1. The van der Waals surface area contributed by atoms with Gasteiger partial charge in [0.2, 0.25) is 5.91 Å². The monoisotopic (exact) mass is 151 g/mol. The zero-order chi connectivity index (χ0) is 8.27. The first-order valence-electron chi connectivity index (χ1n) is 3.89. The highest BCUT2D eigenvalue weighted by Crippen LogP contribution is 2.09.